The molecule has 0 aliphatic carbocycles. The summed E-state index contributed by atoms with van der Waals surface area (Å²) < 4.78 is 0. The minimum Gasteiger partial charge on any atom is -0.357 e. The lowest BCUT2D eigenvalue weighted by Crippen LogP contribution is -2.38. The number of nitrogens with one attached hydrogen (secondary N) is 2. The third-order valence-electron chi connectivity index (χ3n) is 4.93. The Balaban J connectivity index is 0.00000320. The Labute approximate surface area is 195 Å². The van der Waals surface area contributed by atoms with E-state index in [-0.39, 0.29) is 41.8 Å². The number of unbranched alkanes of at least 4 members (excludes halogenated alkanes) is 1. The van der Waals surface area contributed by atoms with Gasteiger partial charge in [-0.3, -0.25) is 19.5 Å². The highest BCUT2D eigenvalue weighted by Crippen LogP contribution is 2.22. The minimum absolute atomic E-state index is 0. The lowest BCUT2D eigenvalue weighted by Gasteiger charge is -2.18. The summed E-state index contributed by atoms with van der Waals surface area (Å²) in [5.41, 5.74) is 2.21. The van der Waals surface area contributed by atoms with E-state index < -0.39 is 0 Å². The first-order valence-corrected chi connectivity index (χ1v) is 10.2. The van der Waals surface area contributed by atoms with Gasteiger partial charge in [0.2, 0.25) is 0 Å². The Bertz CT molecular complexity index is 851. The van der Waals surface area contributed by atoms with Gasteiger partial charge in [0.15, 0.2) is 5.96 Å². The van der Waals surface area contributed by atoms with Gasteiger partial charge >= 0.3 is 0 Å². The van der Waals surface area contributed by atoms with Crippen LogP contribution >= 0.6 is 24.0 Å². The summed E-state index contributed by atoms with van der Waals surface area (Å²) in [5, 5.41) is 6.67. The molecule has 1 atom stereocenters. The summed E-state index contributed by atoms with van der Waals surface area (Å²) in [7, 11) is 0. The second kappa shape index (κ2) is 11.7. The van der Waals surface area contributed by atoms with Crippen molar-refractivity contribution in [2.75, 3.05) is 19.6 Å². The smallest absolute Gasteiger partial charge is 0.261 e. The van der Waals surface area contributed by atoms with Crippen molar-refractivity contribution in [1.82, 2.24) is 15.5 Å². The molecule has 2 aromatic rings. The Morgan fingerprint density at radius 3 is 2.17 bits per heavy atom. The van der Waals surface area contributed by atoms with Crippen molar-refractivity contribution in [3.05, 3.63) is 71.3 Å². The topological polar surface area (TPSA) is 73.8 Å². The molecule has 0 fully saturated rings. The van der Waals surface area contributed by atoms with Crippen LogP contribution in [0.1, 0.15) is 59.0 Å². The maximum Gasteiger partial charge on any atom is 0.261 e. The van der Waals surface area contributed by atoms with Crippen LogP contribution in [0, 0.1) is 0 Å². The predicted molar refractivity (Wildman–Crippen MR) is 130 cm³/mol. The van der Waals surface area contributed by atoms with Crippen LogP contribution < -0.4 is 10.6 Å². The van der Waals surface area contributed by atoms with Gasteiger partial charge < -0.3 is 10.6 Å². The number of amides is 2. The molecule has 7 heteroatoms. The quantitative estimate of drug-likeness (QED) is 0.182. The van der Waals surface area contributed by atoms with Crippen molar-refractivity contribution < 1.29 is 9.59 Å². The molecule has 0 radical (unpaired) electrons. The summed E-state index contributed by atoms with van der Waals surface area (Å²) in [6.07, 6.45) is 1.52. The first-order chi connectivity index (χ1) is 14.1. The van der Waals surface area contributed by atoms with Crippen molar-refractivity contribution in [3.8, 4) is 0 Å². The van der Waals surface area contributed by atoms with Gasteiger partial charge in [-0.2, -0.15) is 0 Å². The normalized spacial score (nSPS) is 14.2. The zero-order chi connectivity index (χ0) is 20.6. The Morgan fingerprint density at radius 2 is 1.57 bits per heavy atom. The number of carbonyl (C=O) groups excluding carboxylic acids is 2. The first-order valence-electron chi connectivity index (χ1n) is 10.2. The monoisotopic (exact) mass is 520 g/mol. The molecule has 1 aliphatic rings. The molecule has 0 bridgehead atoms. The fourth-order valence-electron chi connectivity index (χ4n) is 3.36. The molecule has 2 amide bonds. The van der Waals surface area contributed by atoms with Gasteiger partial charge in [-0.05, 0) is 44.4 Å². The third kappa shape index (κ3) is 5.81. The van der Waals surface area contributed by atoms with Crippen LogP contribution in [0.2, 0.25) is 0 Å². The number of rotatable bonds is 8. The molecule has 1 heterocycles. The van der Waals surface area contributed by atoms with Crippen molar-refractivity contribution >= 4 is 41.8 Å². The zero-order valence-electron chi connectivity index (χ0n) is 17.4. The predicted octanol–water partition coefficient (Wildman–Crippen LogP) is 4.00. The van der Waals surface area contributed by atoms with Gasteiger partial charge in [-0.15, -0.1) is 24.0 Å². The summed E-state index contributed by atoms with van der Waals surface area (Å²) in [4.78, 5) is 30.7. The summed E-state index contributed by atoms with van der Waals surface area (Å²) in [5.74, 6) is 0.381. The Hall–Kier alpha value is -2.42. The number of carbonyl (C=O) groups is 2. The van der Waals surface area contributed by atoms with E-state index in [2.05, 4.69) is 34.7 Å². The van der Waals surface area contributed by atoms with Crippen molar-refractivity contribution in [3.63, 3.8) is 0 Å². The van der Waals surface area contributed by atoms with Crippen LogP contribution in [0.3, 0.4) is 0 Å². The molecule has 30 heavy (non-hydrogen) atoms. The number of nitrogens with zero attached hydrogens (tertiary/aromatic N) is 2. The summed E-state index contributed by atoms with van der Waals surface area (Å²) in [6, 6.07) is 17.4. The number of aliphatic imine (C=N–C) groups is 1. The molecule has 0 aromatic heterocycles. The maximum atomic E-state index is 12.4. The SMILES string of the molecule is CCNC(=NCCCCN1C(=O)c2ccccc2C1=O)NC(C)c1ccccc1.I. The fourth-order valence-corrected chi connectivity index (χ4v) is 3.36. The second-order valence-corrected chi connectivity index (χ2v) is 7.05. The number of fused-ring (bicyclic) bond motifs is 1. The fraction of sp³-hybridized carbons (Fsp3) is 0.348. The van der Waals surface area contributed by atoms with Gasteiger partial charge in [0.1, 0.15) is 0 Å². The van der Waals surface area contributed by atoms with Crippen molar-refractivity contribution in [1.29, 1.82) is 0 Å². The molecule has 2 N–H and O–H groups in total. The molecule has 6 nitrogen and oxygen atoms in total. The van der Waals surface area contributed by atoms with E-state index in [1.165, 1.54) is 10.5 Å². The van der Waals surface area contributed by atoms with Gasteiger partial charge in [0.05, 0.1) is 17.2 Å². The van der Waals surface area contributed by atoms with Gasteiger partial charge in [0, 0.05) is 19.6 Å². The van der Waals surface area contributed by atoms with E-state index in [0.717, 1.165) is 25.3 Å². The van der Waals surface area contributed by atoms with E-state index in [1.807, 2.05) is 25.1 Å². The summed E-state index contributed by atoms with van der Waals surface area (Å²) >= 11 is 0. The van der Waals surface area contributed by atoms with Gasteiger partial charge in [0.25, 0.3) is 11.8 Å². The Morgan fingerprint density at radius 1 is 0.967 bits per heavy atom. The van der Waals surface area contributed by atoms with Crippen LogP contribution in [-0.4, -0.2) is 42.3 Å². The molecular weight excluding hydrogens is 491 g/mol. The van der Waals surface area contributed by atoms with E-state index in [9.17, 15) is 9.59 Å². The van der Waals surface area contributed by atoms with Crippen LogP contribution in [0.5, 0.6) is 0 Å². The molecular formula is C23H29IN4O2. The highest BCUT2D eigenvalue weighted by molar-refractivity contribution is 14.0. The number of benzene rings is 2. The number of halogens is 1. The zero-order valence-corrected chi connectivity index (χ0v) is 19.8. The van der Waals surface area contributed by atoms with Crippen LogP contribution in [0.4, 0.5) is 0 Å². The van der Waals surface area contributed by atoms with Crippen LogP contribution in [0.25, 0.3) is 0 Å². The molecule has 1 aliphatic heterocycles. The first kappa shape index (κ1) is 23.9. The molecule has 0 saturated heterocycles. The van der Waals surface area contributed by atoms with E-state index in [4.69, 9.17) is 0 Å². The van der Waals surface area contributed by atoms with Gasteiger partial charge in [-0.25, -0.2) is 0 Å². The molecule has 2 aromatic carbocycles. The van der Waals surface area contributed by atoms with Crippen LogP contribution in [-0.2, 0) is 0 Å². The van der Waals surface area contributed by atoms with E-state index in [1.54, 1.807) is 24.3 Å². The highest BCUT2D eigenvalue weighted by atomic mass is 127. The minimum atomic E-state index is -0.194. The van der Waals surface area contributed by atoms with Crippen molar-refractivity contribution in [2.24, 2.45) is 4.99 Å². The number of hydrogen-bond acceptors (Lipinski definition) is 3. The number of guanidine groups is 1. The number of imide groups is 1. The van der Waals surface area contributed by atoms with Crippen LogP contribution in [0.15, 0.2) is 59.6 Å². The second-order valence-electron chi connectivity index (χ2n) is 7.05. The van der Waals surface area contributed by atoms with E-state index >= 15 is 0 Å². The number of hydrogen-bond donors (Lipinski definition) is 2. The lowest BCUT2D eigenvalue weighted by molar-refractivity contribution is 0.0652. The highest BCUT2D eigenvalue weighted by Gasteiger charge is 2.34. The molecule has 1 unspecified atom stereocenters. The standard InChI is InChI=1S/C23H28N4O2.HI/c1-3-24-23(26-17(2)18-11-5-4-6-12-18)25-15-9-10-16-27-21(28)19-13-7-8-14-20(19)22(27)29;/h4-8,11-14,17H,3,9-10,15-16H2,1-2H3,(H2,24,25,26);1H. The van der Waals surface area contributed by atoms with E-state index in [0.29, 0.717) is 24.2 Å². The van der Waals surface area contributed by atoms with Gasteiger partial charge in [-0.1, -0.05) is 42.5 Å². The lowest BCUT2D eigenvalue weighted by atomic mass is 10.1. The third-order valence-corrected chi connectivity index (χ3v) is 4.93. The average Bonchev–Trinajstić information content (AvgIpc) is 2.99. The average molecular weight is 520 g/mol. The maximum absolute atomic E-state index is 12.4. The van der Waals surface area contributed by atoms with Crippen molar-refractivity contribution in [2.45, 2.75) is 32.7 Å². The molecule has 0 spiro atoms. The molecule has 160 valence electrons. The molecule has 3 rings (SSSR count). The summed E-state index contributed by atoms with van der Waals surface area (Å²) in [6.45, 7) is 5.96. The Kier molecular flexibility index (Phi) is 9.29. The largest absolute Gasteiger partial charge is 0.357 e. The molecule has 0 saturated carbocycles.